The average Bonchev–Trinajstić information content (AvgIpc) is 2.53. The van der Waals surface area contributed by atoms with Crippen LogP contribution in [0.4, 0.5) is 0 Å². The van der Waals surface area contributed by atoms with Crippen molar-refractivity contribution in [1.82, 2.24) is 20.4 Å². The number of nitrogens with zero attached hydrogens (tertiary/aromatic N) is 3. The molecule has 8 nitrogen and oxygen atoms in total. The number of hydrogen-bond acceptors (Lipinski definition) is 5. The van der Waals surface area contributed by atoms with E-state index in [4.69, 9.17) is 9.47 Å². The number of aliphatic imine (C=N–C) groups is 1. The lowest BCUT2D eigenvalue weighted by molar-refractivity contribution is -0.127. The molecule has 0 radical (unpaired) electrons. The highest BCUT2D eigenvalue weighted by Gasteiger charge is 2.11. The fourth-order valence-corrected chi connectivity index (χ4v) is 2.12. The number of methoxy groups -OCH3 is 1. The lowest BCUT2D eigenvalue weighted by atomic mass is 10.3. The third-order valence-electron chi connectivity index (χ3n) is 3.50. The molecule has 0 aliphatic carbocycles. The molecule has 2 N–H and O–H groups in total. The van der Waals surface area contributed by atoms with Gasteiger partial charge in [-0.1, -0.05) is 0 Å². The molecule has 0 aromatic carbocycles. The van der Waals surface area contributed by atoms with Gasteiger partial charge in [-0.2, -0.15) is 0 Å². The molecule has 0 saturated carbocycles. The molecular formula is C15H32IN5O3. The first kappa shape index (κ1) is 23.4. The van der Waals surface area contributed by atoms with Gasteiger partial charge in [0.05, 0.1) is 19.8 Å². The number of guanidine groups is 1. The zero-order valence-electron chi connectivity index (χ0n) is 15.2. The molecule has 24 heavy (non-hydrogen) atoms. The van der Waals surface area contributed by atoms with E-state index in [9.17, 15) is 4.79 Å². The Balaban J connectivity index is 0.00000529. The number of likely N-dealkylation sites (N-methyl/N-ethyl adjacent to an activating group) is 1. The number of ether oxygens (including phenoxy) is 2. The fourth-order valence-electron chi connectivity index (χ4n) is 2.12. The van der Waals surface area contributed by atoms with Crippen molar-refractivity contribution in [3.8, 4) is 0 Å². The number of rotatable bonds is 8. The number of carbonyl (C=O) groups is 1. The van der Waals surface area contributed by atoms with E-state index in [1.165, 1.54) is 4.90 Å². The summed E-state index contributed by atoms with van der Waals surface area (Å²) in [5, 5.41) is 6.53. The van der Waals surface area contributed by atoms with Gasteiger partial charge in [-0.3, -0.25) is 9.69 Å². The van der Waals surface area contributed by atoms with Crippen LogP contribution < -0.4 is 10.6 Å². The second kappa shape index (κ2) is 13.6. The van der Waals surface area contributed by atoms with Crippen LogP contribution >= 0.6 is 24.0 Å². The SMILES string of the molecule is COCC(C)NC(=NCC(=O)N(C)C)NCCN1CCOCC1.I. The minimum Gasteiger partial charge on any atom is -0.383 e. The Morgan fingerprint density at radius 1 is 1.38 bits per heavy atom. The Bertz CT molecular complexity index is 376. The molecule has 1 aliphatic rings. The van der Waals surface area contributed by atoms with E-state index in [0.29, 0.717) is 12.6 Å². The number of morpholine rings is 1. The van der Waals surface area contributed by atoms with Crippen LogP contribution in [0.15, 0.2) is 4.99 Å². The summed E-state index contributed by atoms with van der Waals surface area (Å²) in [6.07, 6.45) is 0. The van der Waals surface area contributed by atoms with Crippen LogP contribution in [0, 0.1) is 0 Å². The highest BCUT2D eigenvalue weighted by atomic mass is 127. The van der Waals surface area contributed by atoms with Crippen molar-refractivity contribution in [2.75, 3.05) is 73.7 Å². The van der Waals surface area contributed by atoms with Gasteiger partial charge in [-0.15, -0.1) is 24.0 Å². The third kappa shape index (κ3) is 10.3. The summed E-state index contributed by atoms with van der Waals surface area (Å²) in [7, 11) is 5.12. The molecule has 1 unspecified atom stereocenters. The van der Waals surface area contributed by atoms with Crippen LogP contribution in [-0.2, 0) is 14.3 Å². The average molecular weight is 457 g/mol. The highest BCUT2D eigenvalue weighted by Crippen LogP contribution is 1.95. The van der Waals surface area contributed by atoms with Gasteiger partial charge in [0.25, 0.3) is 0 Å². The van der Waals surface area contributed by atoms with Crippen LogP contribution in [0.3, 0.4) is 0 Å². The summed E-state index contributed by atoms with van der Waals surface area (Å²) in [6, 6.07) is 0.115. The number of nitrogens with one attached hydrogen (secondary N) is 2. The number of amides is 1. The Morgan fingerprint density at radius 2 is 2.04 bits per heavy atom. The second-order valence-electron chi connectivity index (χ2n) is 5.83. The van der Waals surface area contributed by atoms with Crippen molar-refractivity contribution in [3.05, 3.63) is 0 Å². The summed E-state index contributed by atoms with van der Waals surface area (Å²) in [5.41, 5.74) is 0. The maximum absolute atomic E-state index is 11.7. The minimum absolute atomic E-state index is 0. The lowest BCUT2D eigenvalue weighted by Crippen LogP contribution is -2.47. The van der Waals surface area contributed by atoms with Crippen molar-refractivity contribution in [2.45, 2.75) is 13.0 Å². The summed E-state index contributed by atoms with van der Waals surface area (Å²) in [5.74, 6) is 0.608. The van der Waals surface area contributed by atoms with E-state index in [0.717, 1.165) is 39.4 Å². The van der Waals surface area contributed by atoms with Crippen LogP contribution in [0.1, 0.15) is 6.92 Å². The molecule has 0 aromatic rings. The Labute approximate surface area is 162 Å². The zero-order chi connectivity index (χ0) is 17.1. The third-order valence-corrected chi connectivity index (χ3v) is 3.50. The predicted octanol–water partition coefficient (Wildman–Crippen LogP) is -0.405. The molecule has 1 rings (SSSR count). The summed E-state index contributed by atoms with van der Waals surface area (Å²) < 4.78 is 10.5. The van der Waals surface area contributed by atoms with Crippen LogP contribution in [0.5, 0.6) is 0 Å². The highest BCUT2D eigenvalue weighted by molar-refractivity contribution is 14.0. The molecule has 1 heterocycles. The van der Waals surface area contributed by atoms with Gasteiger partial charge in [0, 0.05) is 53.4 Å². The first-order valence-electron chi connectivity index (χ1n) is 8.07. The van der Waals surface area contributed by atoms with Crippen molar-refractivity contribution in [1.29, 1.82) is 0 Å². The number of carbonyl (C=O) groups excluding carboxylic acids is 1. The Hall–Kier alpha value is -0.650. The van der Waals surface area contributed by atoms with E-state index in [-0.39, 0.29) is 42.5 Å². The summed E-state index contributed by atoms with van der Waals surface area (Å²) in [4.78, 5) is 19.9. The van der Waals surface area contributed by atoms with Gasteiger partial charge < -0.3 is 25.0 Å². The Morgan fingerprint density at radius 3 is 2.62 bits per heavy atom. The largest absolute Gasteiger partial charge is 0.383 e. The van der Waals surface area contributed by atoms with Gasteiger partial charge in [-0.25, -0.2) is 4.99 Å². The summed E-state index contributed by atoms with van der Waals surface area (Å²) in [6.45, 7) is 7.90. The Kier molecular flexibility index (Phi) is 13.3. The van der Waals surface area contributed by atoms with Crippen molar-refractivity contribution >= 4 is 35.8 Å². The fraction of sp³-hybridized carbons (Fsp3) is 0.867. The van der Waals surface area contributed by atoms with Gasteiger partial charge in [-0.05, 0) is 6.92 Å². The molecule has 1 saturated heterocycles. The molecule has 0 bridgehead atoms. The van der Waals surface area contributed by atoms with Crippen LogP contribution in [0.25, 0.3) is 0 Å². The molecule has 1 fully saturated rings. The second-order valence-corrected chi connectivity index (χ2v) is 5.83. The topological polar surface area (TPSA) is 78.4 Å². The quantitative estimate of drug-likeness (QED) is 0.294. The first-order valence-corrected chi connectivity index (χ1v) is 8.07. The maximum atomic E-state index is 11.7. The van der Waals surface area contributed by atoms with Crippen molar-refractivity contribution in [3.63, 3.8) is 0 Å². The van der Waals surface area contributed by atoms with E-state index in [1.54, 1.807) is 21.2 Å². The molecular weight excluding hydrogens is 425 g/mol. The molecule has 0 aromatic heterocycles. The standard InChI is InChI=1S/C15H31N5O3.HI/c1-13(12-22-4)18-15(17-11-14(21)19(2)3)16-5-6-20-7-9-23-10-8-20;/h13H,5-12H2,1-4H3,(H2,16,17,18);1H. The molecule has 1 amide bonds. The van der Waals surface area contributed by atoms with E-state index >= 15 is 0 Å². The van der Waals surface area contributed by atoms with Crippen LogP contribution in [0.2, 0.25) is 0 Å². The van der Waals surface area contributed by atoms with E-state index in [2.05, 4.69) is 20.5 Å². The smallest absolute Gasteiger partial charge is 0.243 e. The van der Waals surface area contributed by atoms with Gasteiger partial charge in [0.2, 0.25) is 5.91 Å². The molecule has 0 spiro atoms. The van der Waals surface area contributed by atoms with E-state index < -0.39 is 0 Å². The summed E-state index contributed by atoms with van der Waals surface area (Å²) >= 11 is 0. The van der Waals surface area contributed by atoms with E-state index in [1.807, 2.05) is 6.92 Å². The number of halogens is 1. The zero-order valence-corrected chi connectivity index (χ0v) is 17.5. The van der Waals surface area contributed by atoms with Gasteiger partial charge >= 0.3 is 0 Å². The molecule has 9 heteroatoms. The number of hydrogen-bond donors (Lipinski definition) is 2. The van der Waals surface area contributed by atoms with Gasteiger partial charge in [0.1, 0.15) is 6.54 Å². The monoisotopic (exact) mass is 457 g/mol. The minimum atomic E-state index is -0.0290. The van der Waals surface area contributed by atoms with Crippen molar-refractivity contribution in [2.24, 2.45) is 4.99 Å². The predicted molar refractivity (Wildman–Crippen MR) is 106 cm³/mol. The molecule has 142 valence electrons. The molecule has 1 aliphatic heterocycles. The first-order chi connectivity index (χ1) is 11.0. The van der Waals surface area contributed by atoms with Crippen LogP contribution in [-0.4, -0.2) is 101 Å². The normalized spacial score (nSPS) is 16.9. The lowest BCUT2D eigenvalue weighted by Gasteiger charge is -2.27. The van der Waals surface area contributed by atoms with Gasteiger partial charge in [0.15, 0.2) is 5.96 Å². The van der Waals surface area contributed by atoms with Crippen molar-refractivity contribution < 1.29 is 14.3 Å². The molecule has 1 atom stereocenters. The maximum Gasteiger partial charge on any atom is 0.243 e.